The smallest absolute Gasteiger partial charge is 0.295 e. The van der Waals surface area contributed by atoms with E-state index in [4.69, 9.17) is 9.47 Å². The summed E-state index contributed by atoms with van der Waals surface area (Å²) in [4.78, 5) is 27.3. The second-order valence-corrected chi connectivity index (χ2v) is 7.85. The van der Waals surface area contributed by atoms with Crippen molar-refractivity contribution in [2.45, 2.75) is 45.6 Å². The number of amides is 1. The molecule has 1 aliphatic rings. The first kappa shape index (κ1) is 23.4. The third kappa shape index (κ3) is 4.96. The quantitative estimate of drug-likeness (QED) is 0.242. The lowest BCUT2D eigenvalue weighted by molar-refractivity contribution is -0.139. The van der Waals surface area contributed by atoms with E-state index in [0.29, 0.717) is 30.9 Å². The van der Waals surface area contributed by atoms with Crippen molar-refractivity contribution in [1.29, 1.82) is 0 Å². The summed E-state index contributed by atoms with van der Waals surface area (Å²) in [6.07, 6.45) is 3.94. The molecule has 1 unspecified atom stereocenters. The van der Waals surface area contributed by atoms with Gasteiger partial charge in [-0.3, -0.25) is 9.59 Å². The fourth-order valence-electron chi connectivity index (χ4n) is 3.91. The van der Waals surface area contributed by atoms with Crippen LogP contribution < -0.4 is 9.47 Å². The van der Waals surface area contributed by atoms with Crippen LogP contribution in [-0.2, 0) is 9.59 Å². The standard InChI is InChI=1S/C26H31NO5/c1-4-6-7-16-32-20-13-11-18(12-14-20)23-22(25(29)26(30)27(23)15-5-2)24(28)19-9-8-10-21(17-19)31-3/h8-14,17,23,28H,4-7,15-16H2,1-3H3/b24-22-. The Kier molecular flexibility index (Phi) is 7.92. The maximum Gasteiger partial charge on any atom is 0.295 e. The van der Waals surface area contributed by atoms with E-state index in [-0.39, 0.29) is 11.3 Å². The lowest BCUT2D eigenvalue weighted by atomic mass is 9.95. The van der Waals surface area contributed by atoms with Crippen LogP contribution in [0.25, 0.3) is 5.76 Å². The van der Waals surface area contributed by atoms with E-state index in [9.17, 15) is 14.7 Å². The van der Waals surface area contributed by atoms with E-state index in [1.165, 1.54) is 12.0 Å². The van der Waals surface area contributed by atoms with E-state index in [0.717, 1.165) is 30.6 Å². The number of carbonyl (C=O) groups is 2. The molecule has 6 nitrogen and oxygen atoms in total. The zero-order valence-electron chi connectivity index (χ0n) is 19.0. The molecule has 170 valence electrons. The second kappa shape index (κ2) is 10.8. The van der Waals surface area contributed by atoms with Crippen LogP contribution in [-0.4, -0.2) is 42.0 Å². The molecule has 1 N–H and O–H groups in total. The van der Waals surface area contributed by atoms with Gasteiger partial charge in [-0.1, -0.05) is 51.0 Å². The maximum absolute atomic E-state index is 12.9. The van der Waals surface area contributed by atoms with Crippen LogP contribution in [0.5, 0.6) is 11.5 Å². The second-order valence-electron chi connectivity index (χ2n) is 7.85. The number of aliphatic hydroxyl groups excluding tert-OH is 1. The Morgan fingerprint density at radius 1 is 1.00 bits per heavy atom. The van der Waals surface area contributed by atoms with E-state index in [1.54, 1.807) is 24.3 Å². The van der Waals surface area contributed by atoms with Gasteiger partial charge in [0, 0.05) is 12.1 Å². The van der Waals surface area contributed by atoms with Gasteiger partial charge in [-0.05, 0) is 42.7 Å². The van der Waals surface area contributed by atoms with Crippen LogP contribution in [0.3, 0.4) is 0 Å². The molecule has 0 bridgehead atoms. The summed E-state index contributed by atoms with van der Waals surface area (Å²) >= 11 is 0. The van der Waals surface area contributed by atoms with Crippen LogP contribution in [0.15, 0.2) is 54.1 Å². The Balaban J connectivity index is 1.98. The van der Waals surface area contributed by atoms with Gasteiger partial charge in [0.05, 0.1) is 25.3 Å². The van der Waals surface area contributed by atoms with Crippen LogP contribution in [0.4, 0.5) is 0 Å². The minimum atomic E-state index is -0.677. The minimum Gasteiger partial charge on any atom is -0.507 e. The van der Waals surface area contributed by atoms with Crippen molar-refractivity contribution < 1.29 is 24.2 Å². The van der Waals surface area contributed by atoms with Gasteiger partial charge < -0.3 is 19.5 Å². The Labute approximate surface area is 189 Å². The third-order valence-electron chi connectivity index (χ3n) is 5.56. The summed E-state index contributed by atoms with van der Waals surface area (Å²) in [6, 6.07) is 13.6. The lowest BCUT2D eigenvalue weighted by Crippen LogP contribution is -2.30. The van der Waals surface area contributed by atoms with E-state index >= 15 is 0 Å². The van der Waals surface area contributed by atoms with Crippen molar-refractivity contribution in [3.8, 4) is 11.5 Å². The number of carbonyl (C=O) groups excluding carboxylic acids is 2. The van der Waals surface area contributed by atoms with Gasteiger partial charge in [0.2, 0.25) is 0 Å². The molecular weight excluding hydrogens is 406 g/mol. The molecule has 1 aliphatic heterocycles. The Bertz CT molecular complexity index is 980. The average molecular weight is 438 g/mol. The molecule has 0 aromatic heterocycles. The van der Waals surface area contributed by atoms with Crippen molar-refractivity contribution in [1.82, 2.24) is 4.90 Å². The normalized spacial score (nSPS) is 17.6. The number of Topliss-reactive ketones (excluding diaryl/α,β-unsaturated/α-hetero) is 1. The molecule has 1 amide bonds. The monoisotopic (exact) mass is 437 g/mol. The van der Waals surface area contributed by atoms with Gasteiger partial charge >= 0.3 is 0 Å². The first-order valence-electron chi connectivity index (χ1n) is 11.2. The summed E-state index contributed by atoms with van der Waals surface area (Å²) in [5, 5.41) is 11.1. The highest BCUT2D eigenvalue weighted by Crippen LogP contribution is 2.40. The molecule has 3 rings (SSSR count). The predicted octanol–water partition coefficient (Wildman–Crippen LogP) is 5.10. The molecule has 0 saturated carbocycles. The highest BCUT2D eigenvalue weighted by Gasteiger charge is 2.45. The molecule has 1 fully saturated rings. The Morgan fingerprint density at radius 2 is 1.75 bits per heavy atom. The van der Waals surface area contributed by atoms with Crippen LogP contribution in [0.1, 0.15) is 56.7 Å². The number of rotatable bonds is 10. The van der Waals surface area contributed by atoms with Crippen molar-refractivity contribution in [2.75, 3.05) is 20.3 Å². The van der Waals surface area contributed by atoms with Gasteiger partial charge in [-0.2, -0.15) is 0 Å². The summed E-state index contributed by atoms with van der Waals surface area (Å²) in [7, 11) is 1.53. The lowest BCUT2D eigenvalue weighted by Gasteiger charge is -2.25. The summed E-state index contributed by atoms with van der Waals surface area (Å²) in [5.41, 5.74) is 1.27. The third-order valence-corrected chi connectivity index (χ3v) is 5.56. The molecule has 0 spiro atoms. The predicted molar refractivity (Wildman–Crippen MR) is 124 cm³/mol. The first-order chi connectivity index (χ1) is 15.5. The van der Waals surface area contributed by atoms with Crippen molar-refractivity contribution in [3.63, 3.8) is 0 Å². The van der Waals surface area contributed by atoms with Crippen LogP contribution in [0.2, 0.25) is 0 Å². The molecule has 1 atom stereocenters. The molecular formula is C26H31NO5. The van der Waals surface area contributed by atoms with Crippen LogP contribution >= 0.6 is 0 Å². The zero-order valence-corrected chi connectivity index (χ0v) is 19.0. The average Bonchev–Trinajstić information content (AvgIpc) is 3.07. The van der Waals surface area contributed by atoms with Gasteiger partial charge in [0.1, 0.15) is 17.3 Å². The maximum atomic E-state index is 12.9. The zero-order chi connectivity index (χ0) is 23.1. The van der Waals surface area contributed by atoms with Gasteiger partial charge in [-0.15, -0.1) is 0 Å². The van der Waals surface area contributed by atoms with Crippen LogP contribution in [0, 0.1) is 0 Å². The van der Waals surface area contributed by atoms with E-state index < -0.39 is 17.7 Å². The summed E-state index contributed by atoms with van der Waals surface area (Å²) in [6.45, 7) is 5.16. The van der Waals surface area contributed by atoms with Crippen molar-refractivity contribution in [2.24, 2.45) is 0 Å². The number of ketones is 1. The number of likely N-dealkylation sites (tertiary alicyclic amines) is 1. The van der Waals surface area contributed by atoms with Gasteiger partial charge in [-0.25, -0.2) is 0 Å². The Morgan fingerprint density at radius 3 is 2.41 bits per heavy atom. The molecule has 2 aromatic rings. The SMILES string of the molecule is CCCCCOc1ccc(C2/C(=C(/O)c3cccc(OC)c3)C(=O)C(=O)N2CCC)cc1. The first-order valence-corrected chi connectivity index (χ1v) is 11.2. The number of ether oxygens (including phenoxy) is 2. The molecule has 1 saturated heterocycles. The highest BCUT2D eigenvalue weighted by molar-refractivity contribution is 6.46. The Hall–Kier alpha value is -3.28. The highest BCUT2D eigenvalue weighted by atomic mass is 16.5. The fourth-order valence-corrected chi connectivity index (χ4v) is 3.91. The number of hydrogen-bond donors (Lipinski definition) is 1. The number of aliphatic hydroxyl groups is 1. The van der Waals surface area contributed by atoms with Crippen molar-refractivity contribution in [3.05, 3.63) is 65.2 Å². The molecule has 0 aliphatic carbocycles. The number of hydrogen-bond acceptors (Lipinski definition) is 5. The largest absolute Gasteiger partial charge is 0.507 e. The number of unbranched alkanes of at least 4 members (excludes halogenated alkanes) is 2. The van der Waals surface area contributed by atoms with Gasteiger partial charge in [0.25, 0.3) is 11.7 Å². The minimum absolute atomic E-state index is 0.0910. The van der Waals surface area contributed by atoms with E-state index in [2.05, 4.69) is 6.92 Å². The number of nitrogens with zero attached hydrogens (tertiary/aromatic N) is 1. The van der Waals surface area contributed by atoms with Crippen molar-refractivity contribution >= 4 is 17.4 Å². The number of methoxy groups -OCH3 is 1. The van der Waals surface area contributed by atoms with Gasteiger partial charge in [0.15, 0.2) is 0 Å². The molecule has 6 heteroatoms. The molecule has 0 radical (unpaired) electrons. The molecule has 32 heavy (non-hydrogen) atoms. The topological polar surface area (TPSA) is 76.1 Å². The number of benzene rings is 2. The summed E-state index contributed by atoms with van der Waals surface area (Å²) in [5.74, 6) is -0.182. The van der Waals surface area contributed by atoms with E-state index in [1.807, 2.05) is 31.2 Å². The molecule has 1 heterocycles. The fraction of sp³-hybridized carbons (Fsp3) is 0.385. The molecule has 2 aromatic carbocycles. The summed E-state index contributed by atoms with van der Waals surface area (Å²) < 4.78 is 11.0.